The second-order valence-electron chi connectivity index (χ2n) is 5.11. The van der Waals surface area contributed by atoms with Crippen molar-refractivity contribution in [2.75, 3.05) is 6.79 Å². The minimum Gasteiger partial charge on any atom is -0.508 e. The number of rotatable bonds is 8. The molecule has 0 amide bonds. The Morgan fingerprint density at radius 3 is 2.00 bits per heavy atom. The van der Waals surface area contributed by atoms with E-state index in [4.69, 9.17) is 19.8 Å². The Labute approximate surface area is 151 Å². The number of esters is 1. The number of carbonyl (C=O) groups excluding carboxylic acids is 1. The van der Waals surface area contributed by atoms with Gasteiger partial charge in [-0.2, -0.15) is 4.89 Å². The highest BCUT2D eigenvalue weighted by Crippen LogP contribution is 2.19. The Kier molecular flexibility index (Phi) is 6.31. The lowest BCUT2D eigenvalue weighted by molar-refractivity contribution is -0.335. The van der Waals surface area contributed by atoms with Gasteiger partial charge in [-0.15, -0.1) is 0 Å². The molecular formula is C17H14O10. The van der Waals surface area contributed by atoms with Gasteiger partial charge in [-0.05, 0) is 35.9 Å². The van der Waals surface area contributed by atoms with Crippen molar-refractivity contribution in [3.8, 4) is 11.5 Å². The van der Waals surface area contributed by atoms with Gasteiger partial charge < -0.3 is 25.2 Å². The third-order valence-corrected chi connectivity index (χ3v) is 3.31. The first-order chi connectivity index (χ1) is 12.8. The highest BCUT2D eigenvalue weighted by atomic mass is 17.2. The van der Waals surface area contributed by atoms with Crippen LogP contribution in [0.2, 0.25) is 0 Å². The Hall–Kier alpha value is -3.63. The molecule has 2 rings (SSSR count). The molecule has 2 aromatic carbocycles. The number of phenols is 2. The maximum Gasteiger partial charge on any atom is 0.341 e. The zero-order valence-electron chi connectivity index (χ0n) is 13.6. The normalized spacial score (nSPS) is 10.4. The predicted octanol–water partition coefficient (Wildman–Crippen LogP) is 1.76. The average molecular weight is 378 g/mol. The van der Waals surface area contributed by atoms with Crippen LogP contribution >= 0.6 is 0 Å². The van der Waals surface area contributed by atoms with Crippen LogP contribution in [0, 0.1) is 0 Å². The fourth-order valence-electron chi connectivity index (χ4n) is 2.07. The number of hydrogen-bond acceptors (Lipinski definition) is 8. The van der Waals surface area contributed by atoms with Crippen LogP contribution in [0.5, 0.6) is 11.5 Å². The highest BCUT2D eigenvalue weighted by Gasteiger charge is 2.18. The fourth-order valence-corrected chi connectivity index (χ4v) is 2.07. The Morgan fingerprint density at radius 1 is 0.778 bits per heavy atom. The summed E-state index contributed by atoms with van der Waals surface area (Å²) in [5.74, 6) is -4.28. The van der Waals surface area contributed by atoms with E-state index in [2.05, 4.69) is 4.89 Å². The monoisotopic (exact) mass is 378 g/mol. The van der Waals surface area contributed by atoms with Gasteiger partial charge in [0.15, 0.2) is 0 Å². The van der Waals surface area contributed by atoms with E-state index in [-0.39, 0.29) is 34.8 Å². The first kappa shape index (κ1) is 19.7. The van der Waals surface area contributed by atoms with Crippen molar-refractivity contribution in [3.63, 3.8) is 0 Å². The maximum atomic E-state index is 11.9. The van der Waals surface area contributed by atoms with Gasteiger partial charge in [-0.1, -0.05) is 6.07 Å². The summed E-state index contributed by atoms with van der Waals surface area (Å²) in [5.41, 5.74) is -0.726. The van der Waals surface area contributed by atoms with Crippen LogP contribution in [0.4, 0.5) is 0 Å². The lowest BCUT2D eigenvalue weighted by Crippen LogP contribution is -2.14. The van der Waals surface area contributed by atoms with Crippen molar-refractivity contribution in [1.82, 2.24) is 0 Å². The van der Waals surface area contributed by atoms with Crippen LogP contribution in [-0.2, 0) is 21.1 Å². The molecule has 4 N–H and O–H groups in total. The molecule has 0 fully saturated rings. The molecule has 10 nitrogen and oxygen atoms in total. The molecule has 2 aromatic rings. The number of benzene rings is 2. The third-order valence-electron chi connectivity index (χ3n) is 3.31. The van der Waals surface area contributed by atoms with Crippen molar-refractivity contribution >= 4 is 17.9 Å². The third kappa shape index (κ3) is 5.17. The molecule has 0 aliphatic carbocycles. The van der Waals surface area contributed by atoms with Crippen LogP contribution in [0.1, 0.15) is 36.6 Å². The number of carboxylic acids is 2. The van der Waals surface area contributed by atoms with Crippen LogP contribution < -0.4 is 0 Å². The Balaban J connectivity index is 1.89. The molecule has 0 aliphatic heterocycles. The van der Waals surface area contributed by atoms with E-state index in [9.17, 15) is 24.6 Å². The first-order valence-corrected chi connectivity index (χ1v) is 7.32. The Bertz CT molecular complexity index is 874. The van der Waals surface area contributed by atoms with E-state index in [1.54, 1.807) is 0 Å². The molecule has 0 aliphatic rings. The molecule has 142 valence electrons. The molecule has 0 unspecified atom stereocenters. The molecule has 0 bridgehead atoms. The summed E-state index contributed by atoms with van der Waals surface area (Å²) < 4.78 is 4.71. The molecule has 0 saturated carbocycles. The molecule has 0 saturated heterocycles. The summed E-state index contributed by atoms with van der Waals surface area (Å²) in [6, 6.07) is 6.73. The van der Waals surface area contributed by atoms with Crippen molar-refractivity contribution in [1.29, 1.82) is 0 Å². The van der Waals surface area contributed by atoms with E-state index in [1.807, 2.05) is 0 Å². The van der Waals surface area contributed by atoms with Gasteiger partial charge in [-0.3, -0.25) is 0 Å². The van der Waals surface area contributed by atoms with Gasteiger partial charge in [0, 0.05) is 0 Å². The number of carbonyl (C=O) groups is 3. The van der Waals surface area contributed by atoms with Gasteiger partial charge >= 0.3 is 17.9 Å². The lowest BCUT2D eigenvalue weighted by atomic mass is 10.1. The van der Waals surface area contributed by atoms with E-state index in [0.717, 1.165) is 24.3 Å². The molecule has 0 heterocycles. The second kappa shape index (κ2) is 8.65. The molecular weight excluding hydrogens is 364 g/mol. The van der Waals surface area contributed by atoms with Crippen molar-refractivity contribution in [3.05, 3.63) is 58.7 Å². The lowest BCUT2D eigenvalue weighted by Gasteiger charge is -2.09. The summed E-state index contributed by atoms with van der Waals surface area (Å²) in [6.07, 6.45) is 0. The molecule has 10 heteroatoms. The molecule has 0 spiro atoms. The number of carboxylic acid groups (broad SMARTS) is 2. The number of aromatic hydroxyl groups is 2. The van der Waals surface area contributed by atoms with Crippen LogP contribution in [0.3, 0.4) is 0 Å². The topological polar surface area (TPSA) is 160 Å². The SMILES string of the molecule is O=C(O)c1cc(O)ccc1COOCOC(=O)c1ccc(O)cc1C(=O)O. The van der Waals surface area contributed by atoms with Gasteiger partial charge in [0.05, 0.1) is 16.7 Å². The summed E-state index contributed by atoms with van der Waals surface area (Å²) >= 11 is 0. The smallest absolute Gasteiger partial charge is 0.341 e. The van der Waals surface area contributed by atoms with Crippen molar-refractivity contribution in [2.24, 2.45) is 0 Å². The maximum absolute atomic E-state index is 11.9. The molecule has 27 heavy (non-hydrogen) atoms. The molecule has 0 aromatic heterocycles. The van der Waals surface area contributed by atoms with Gasteiger partial charge in [0.25, 0.3) is 0 Å². The fraction of sp³-hybridized carbons (Fsp3) is 0.118. The van der Waals surface area contributed by atoms with Gasteiger partial charge in [0.2, 0.25) is 6.79 Å². The van der Waals surface area contributed by atoms with E-state index in [0.29, 0.717) is 0 Å². The number of ether oxygens (including phenoxy) is 1. The van der Waals surface area contributed by atoms with Crippen molar-refractivity contribution in [2.45, 2.75) is 6.61 Å². The van der Waals surface area contributed by atoms with Gasteiger partial charge in [0.1, 0.15) is 18.1 Å². The Morgan fingerprint density at radius 2 is 1.37 bits per heavy atom. The summed E-state index contributed by atoms with van der Waals surface area (Å²) in [4.78, 5) is 43.4. The second-order valence-corrected chi connectivity index (χ2v) is 5.11. The summed E-state index contributed by atoms with van der Waals surface area (Å²) in [6.45, 7) is -1.00. The van der Waals surface area contributed by atoms with Crippen molar-refractivity contribution < 1.29 is 49.3 Å². The number of phenolic OH excluding ortho intramolecular Hbond substituents is 2. The minimum absolute atomic E-state index is 0.189. The largest absolute Gasteiger partial charge is 0.508 e. The quantitative estimate of drug-likeness (QED) is 0.175. The average Bonchev–Trinajstić information content (AvgIpc) is 2.61. The van der Waals surface area contributed by atoms with E-state index < -0.39 is 30.3 Å². The van der Waals surface area contributed by atoms with Crippen LogP contribution in [0.25, 0.3) is 0 Å². The first-order valence-electron chi connectivity index (χ1n) is 7.32. The van der Waals surface area contributed by atoms with Crippen LogP contribution in [-0.4, -0.2) is 45.1 Å². The standard InChI is InChI=1S/C17H14O10/c18-10-2-1-9(13(5-10)15(20)21)7-26-27-8-25-17(24)12-4-3-11(19)6-14(12)16(22)23/h1-6,18-19H,7-8H2,(H,20,21)(H,22,23). The van der Waals surface area contributed by atoms with Crippen LogP contribution in [0.15, 0.2) is 36.4 Å². The predicted molar refractivity (Wildman–Crippen MR) is 86.3 cm³/mol. The number of hydrogen-bond donors (Lipinski definition) is 4. The van der Waals surface area contributed by atoms with E-state index >= 15 is 0 Å². The molecule has 0 atom stereocenters. The zero-order valence-corrected chi connectivity index (χ0v) is 13.6. The van der Waals surface area contributed by atoms with E-state index in [1.165, 1.54) is 12.1 Å². The highest BCUT2D eigenvalue weighted by molar-refractivity contribution is 6.02. The zero-order chi connectivity index (χ0) is 20.0. The minimum atomic E-state index is -1.43. The van der Waals surface area contributed by atoms with Gasteiger partial charge in [-0.25, -0.2) is 19.3 Å². The summed E-state index contributed by atoms with van der Waals surface area (Å²) in [5, 5.41) is 36.6. The number of aromatic carboxylic acids is 2. The summed E-state index contributed by atoms with van der Waals surface area (Å²) in [7, 11) is 0. The molecule has 0 radical (unpaired) electrons.